The average molecular weight is 223 g/mol. The minimum Gasteiger partial charge on any atom is -0.393 e. The largest absolute Gasteiger partial charge is 0.393 e. The lowest BCUT2D eigenvalue weighted by Gasteiger charge is -2.22. The normalized spacial score (nSPS) is 24.1. The molecule has 1 aliphatic carbocycles. The van der Waals surface area contributed by atoms with E-state index in [1.54, 1.807) is 0 Å². The smallest absolute Gasteiger partial charge is 0.0583 e. The van der Waals surface area contributed by atoms with Crippen LogP contribution in [0.4, 0.5) is 0 Å². The van der Waals surface area contributed by atoms with Crippen LogP contribution in [0.1, 0.15) is 24.3 Å². The van der Waals surface area contributed by atoms with Crippen molar-refractivity contribution in [1.82, 2.24) is 0 Å². The highest BCUT2D eigenvalue weighted by Crippen LogP contribution is 2.32. The second kappa shape index (κ2) is 4.34. The Balaban J connectivity index is 2.11. The van der Waals surface area contributed by atoms with Crippen LogP contribution in [0.15, 0.2) is 48.6 Å². The number of benzene rings is 2. The van der Waals surface area contributed by atoms with Crippen molar-refractivity contribution in [3.8, 4) is 0 Å². The van der Waals surface area contributed by atoms with Crippen LogP contribution in [0.5, 0.6) is 0 Å². The van der Waals surface area contributed by atoms with Crippen LogP contribution in [0, 0.1) is 6.07 Å². The third-order valence-electron chi connectivity index (χ3n) is 3.43. The third kappa shape index (κ3) is 1.98. The second-order valence-corrected chi connectivity index (χ2v) is 4.64. The van der Waals surface area contributed by atoms with Crippen molar-refractivity contribution in [3.63, 3.8) is 0 Å². The summed E-state index contributed by atoms with van der Waals surface area (Å²) in [5, 5.41) is 12.2. The molecule has 85 valence electrons. The molecule has 17 heavy (non-hydrogen) atoms. The molecule has 1 N–H and O–H groups in total. The van der Waals surface area contributed by atoms with E-state index < -0.39 is 0 Å². The van der Waals surface area contributed by atoms with Crippen LogP contribution in [0.3, 0.4) is 0 Å². The van der Waals surface area contributed by atoms with Crippen molar-refractivity contribution in [2.24, 2.45) is 0 Å². The molecular weight excluding hydrogens is 208 g/mol. The van der Waals surface area contributed by atoms with Gasteiger partial charge < -0.3 is 5.11 Å². The molecule has 1 nitrogen and oxygen atoms in total. The Bertz CT molecular complexity index is 551. The molecular formula is C16H15O. The first-order valence-corrected chi connectivity index (χ1v) is 6.08. The highest BCUT2D eigenvalue weighted by Gasteiger charge is 2.18. The van der Waals surface area contributed by atoms with Gasteiger partial charge in [-0.1, -0.05) is 48.6 Å². The minimum absolute atomic E-state index is 0.211. The first-order chi connectivity index (χ1) is 8.34. The molecule has 0 amide bonds. The molecule has 3 rings (SSSR count). The molecule has 2 unspecified atom stereocenters. The summed E-state index contributed by atoms with van der Waals surface area (Å²) in [6, 6.07) is 15.8. The van der Waals surface area contributed by atoms with Gasteiger partial charge in [0, 0.05) is 5.92 Å². The Morgan fingerprint density at radius 3 is 2.94 bits per heavy atom. The molecule has 1 aliphatic rings. The maximum absolute atomic E-state index is 9.75. The summed E-state index contributed by atoms with van der Waals surface area (Å²) in [5.74, 6) is 0.296. The van der Waals surface area contributed by atoms with Gasteiger partial charge in [-0.05, 0) is 35.2 Å². The first-order valence-electron chi connectivity index (χ1n) is 6.08. The quantitative estimate of drug-likeness (QED) is 0.734. The molecule has 2 aromatic carbocycles. The van der Waals surface area contributed by atoms with Gasteiger partial charge in [0.05, 0.1) is 6.10 Å². The maximum atomic E-state index is 9.75. The molecule has 2 atom stereocenters. The average Bonchev–Trinajstić information content (AvgIpc) is 2.38. The van der Waals surface area contributed by atoms with Gasteiger partial charge in [-0.25, -0.2) is 0 Å². The summed E-state index contributed by atoms with van der Waals surface area (Å²) in [5.41, 5.74) is 1.21. The number of hydrogen-bond donors (Lipinski definition) is 1. The van der Waals surface area contributed by atoms with E-state index in [2.05, 4.69) is 48.6 Å². The Labute approximate surface area is 101 Å². The molecule has 0 saturated carbocycles. The Kier molecular flexibility index (Phi) is 2.69. The van der Waals surface area contributed by atoms with E-state index in [1.807, 2.05) is 6.07 Å². The van der Waals surface area contributed by atoms with Crippen molar-refractivity contribution < 1.29 is 5.11 Å². The lowest BCUT2D eigenvalue weighted by atomic mass is 9.85. The van der Waals surface area contributed by atoms with Gasteiger partial charge in [0.25, 0.3) is 0 Å². The molecule has 0 fully saturated rings. The minimum atomic E-state index is -0.211. The van der Waals surface area contributed by atoms with Gasteiger partial charge in [-0.2, -0.15) is 0 Å². The van der Waals surface area contributed by atoms with E-state index >= 15 is 0 Å². The molecule has 1 heteroatoms. The number of aliphatic hydroxyl groups excluding tert-OH is 1. The van der Waals surface area contributed by atoms with Gasteiger partial charge in [0.15, 0.2) is 0 Å². The van der Waals surface area contributed by atoms with Crippen molar-refractivity contribution in [1.29, 1.82) is 0 Å². The van der Waals surface area contributed by atoms with Crippen LogP contribution in [-0.4, -0.2) is 11.2 Å². The third-order valence-corrected chi connectivity index (χ3v) is 3.43. The maximum Gasteiger partial charge on any atom is 0.0583 e. The lowest BCUT2D eigenvalue weighted by Crippen LogP contribution is -2.14. The summed E-state index contributed by atoms with van der Waals surface area (Å²) in [6.07, 6.45) is 5.65. The zero-order chi connectivity index (χ0) is 11.7. The number of hydrogen-bond acceptors (Lipinski definition) is 1. The van der Waals surface area contributed by atoms with Crippen LogP contribution in [0.25, 0.3) is 10.8 Å². The molecule has 1 radical (unpaired) electrons. The number of aliphatic hydroxyl groups is 1. The predicted molar refractivity (Wildman–Crippen MR) is 69.9 cm³/mol. The van der Waals surface area contributed by atoms with Gasteiger partial charge in [0.2, 0.25) is 0 Å². The van der Waals surface area contributed by atoms with Gasteiger partial charge >= 0.3 is 0 Å². The summed E-state index contributed by atoms with van der Waals surface area (Å²) < 4.78 is 0. The Morgan fingerprint density at radius 1 is 1.18 bits per heavy atom. The summed E-state index contributed by atoms with van der Waals surface area (Å²) >= 11 is 0. The van der Waals surface area contributed by atoms with Crippen molar-refractivity contribution in [2.45, 2.75) is 24.9 Å². The van der Waals surface area contributed by atoms with Crippen molar-refractivity contribution >= 4 is 10.8 Å². The monoisotopic (exact) mass is 223 g/mol. The van der Waals surface area contributed by atoms with E-state index in [0.29, 0.717) is 5.92 Å². The molecule has 0 heterocycles. The van der Waals surface area contributed by atoms with Crippen LogP contribution < -0.4 is 0 Å². The van der Waals surface area contributed by atoms with Gasteiger partial charge in [0.1, 0.15) is 0 Å². The van der Waals surface area contributed by atoms with Gasteiger partial charge in [-0.3, -0.25) is 0 Å². The first kappa shape index (κ1) is 10.5. The molecule has 0 aromatic heterocycles. The van der Waals surface area contributed by atoms with Crippen molar-refractivity contribution in [3.05, 3.63) is 60.2 Å². The topological polar surface area (TPSA) is 20.2 Å². The summed E-state index contributed by atoms with van der Waals surface area (Å²) in [6.45, 7) is 0. The molecule has 0 spiro atoms. The zero-order valence-corrected chi connectivity index (χ0v) is 9.63. The highest BCUT2D eigenvalue weighted by molar-refractivity contribution is 5.86. The van der Waals surface area contributed by atoms with E-state index in [-0.39, 0.29) is 6.10 Å². The Hall–Kier alpha value is -1.60. The summed E-state index contributed by atoms with van der Waals surface area (Å²) in [4.78, 5) is 0. The lowest BCUT2D eigenvalue weighted by molar-refractivity contribution is 0.158. The van der Waals surface area contributed by atoms with Crippen LogP contribution in [-0.2, 0) is 0 Å². The molecule has 0 saturated heterocycles. The van der Waals surface area contributed by atoms with Crippen molar-refractivity contribution in [2.75, 3.05) is 0 Å². The molecule has 0 bridgehead atoms. The fourth-order valence-corrected chi connectivity index (χ4v) is 2.58. The number of rotatable bonds is 1. The second-order valence-electron chi connectivity index (χ2n) is 4.64. The van der Waals surface area contributed by atoms with Gasteiger partial charge in [-0.15, -0.1) is 0 Å². The predicted octanol–water partition coefficient (Wildman–Crippen LogP) is 3.43. The number of allylic oxidation sites excluding steroid dienone is 1. The number of fused-ring (bicyclic) bond motifs is 1. The fourth-order valence-electron chi connectivity index (χ4n) is 2.58. The zero-order valence-electron chi connectivity index (χ0n) is 9.63. The standard InChI is InChI=1S/C16H15O/c17-14-8-3-7-13(11-14)16-10-4-6-12-5-1-2-9-15(12)16/h1-7,9,13-14,17H,8,11H2. The highest BCUT2D eigenvalue weighted by atomic mass is 16.3. The molecule has 2 aromatic rings. The fraction of sp³-hybridized carbons (Fsp3) is 0.250. The van der Waals surface area contributed by atoms with E-state index in [9.17, 15) is 5.11 Å². The SMILES string of the molecule is OC1CC=CC(c2[c]ccc3ccccc23)C1. The van der Waals surface area contributed by atoms with E-state index in [0.717, 1.165) is 12.8 Å². The van der Waals surface area contributed by atoms with E-state index in [1.165, 1.54) is 16.3 Å². The summed E-state index contributed by atoms with van der Waals surface area (Å²) in [7, 11) is 0. The van der Waals surface area contributed by atoms with Crippen LogP contribution in [0.2, 0.25) is 0 Å². The molecule has 0 aliphatic heterocycles. The van der Waals surface area contributed by atoms with E-state index in [4.69, 9.17) is 0 Å². The van der Waals surface area contributed by atoms with Crippen LogP contribution >= 0.6 is 0 Å². The Morgan fingerprint density at radius 2 is 2.06 bits per heavy atom.